The van der Waals surface area contributed by atoms with Crippen molar-refractivity contribution in [1.82, 2.24) is 4.90 Å². The highest BCUT2D eigenvalue weighted by Gasteiger charge is 2.26. The number of hydrogen-bond acceptors (Lipinski definition) is 5. The van der Waals surface area contributed by atoms with Gasteiger partial charge in [0.05, 0.1) is 22.6 Å². The quantitative estimate of drug-likeness (QED) is 0.603. The van der Waals surface area contributed by atoms with Gasteiger partial charge in [0.2, 0.25) is 0 Å². The lowest BCUT2D eigenvalue weighted by Crippen LogP contribution is -2.31. The molecule has 0 saturated carbocycles. The number of likely N-dealkylation sites (tertiary alicyclic amines) is 1. The Labute approximate surface area is 157 Å². The number of nitriles is 1. The van der Waals surface area contributed by atoms with Gasteiger partial charge in [-0.1, -0.05) is 29.8 Å². The summed E-state index contributed by atoms with van der Waals surface area (Å²) in [7, 11) is 0. The molecule has 1 aliphatic rings. The van der Waals surface area contributed by atoms with E-state index in [9.17, 15) is 10.1 Å². The normalized spacial score (nSPS) is 15.4. The second kappa shape index (κ2) is 8.17. The maximum absolute atomic E-state index is 11.3. The lowest BCUT2D eigenvalue weighted by atomic mass is 10.0. The van der Waals surface area contributed by atoms with E-state index in [1.807, 2.05) is 30.3 Å². The molecule has 26 heavy (non-hydrogen) atoms. The number of nitrogens with one attached hydrogen (secondary N) is 1. The maximum Gasteiger partial charge on any atom is 0.293 e. The molecule has 0 radical (unpaired) electrons. The second-order valence-corrected chi connectivity index (χ2v) is 6.67. The van der Waals surface area contributed by atoms with Crippen LogP contribution in [0.5, 0.6) is 0 Å². The van der Waals surface area contributed by atoms with Crippen LogP contribution in [0.25, 0.3) is 0 Å². The third-order valence-corrected chi connectivity index (χ3v) is 5.00. The molecule has 1 fully saturated rings. The summed E-state index contributed by atoms with van der Waals surface area (Å²) >= 11 is 6.40. The molecule has 0 bridgehead atoms. The predicted molar refractivity (Wildman–Crippen MR) is 101 cm³/mol. The zero-order valence-electron chi connectivity index (χ0n) is 14.2. The van der Waals surface area contributed by atoms with Gasteiger partial charge in [0, 0.05) is 17.6 Å². The Hall–Kier alpha value is -2.62. The lowest BCUT2D eigenvalue weighted by molar-refractivity contribution is -0.384. The van der Waals surface area contributed by atoms with Gasteiger partial charge in [-0.3, -0.25) is 15.0 Å². The summed E-state index contributed by atoms with van der Waals surface area (Å²) in [5, 5.41) is 24.2. The SMILES string of the molecule is N#Cc1ccc(NCC(c2ccccc2Cl)N2CCCC2)c([N+](=O)[O-])c1. The number of benzene rings is 2. The van der Waals surface area contributed by atoms with Crippen LogP contribution in [-0.4, -0.2) is 29.5 Å². The first kappa shape index (κ1) is 18.2. The molecule has 0 aromatic heterocycles. The highest BCUT2D eigenvalue weighted by atomic mass is 35.5. The first-order chi connectivity index (χ1) is 12.6. The van der Waals surface area contributed by atoms with Crippen molar-refractivity contribution in [3.63, 3.8) is 0 Å². The van der Waals surface area contributed by atoms with E-state index in [0.29, 0.717) is 17.3 Å². The smallest absolute Gasteiger partial charge is 0.293 e. The molecule has 7 heteroatoms. The fourth-order valence-electron chi connectivity index (χ4n) is 3.34. The van der Waals surface area contributed by atoms with Crippen molar-refractivity contribution in [2.24, 2.45) is 0 Å². The Bertz CT molecular complexity index is 844. The van der Waals surface area contributed by atoms with Crippen LogP contribution >= 0.6 is 11.6 Å². The van der Waals surface area contributed by atoms with Crippen molar-refractivity contribution < 1.29 is 4.92 Å². The molecule has 6 nitrogen and oxygen atoms in total. The van der Waals surface area contributed by atoms with Gasteiger partial charge in [-0.25, -0.2) is 0 Å². The molecule has 1 unspecified atom stereocenters. The van der Waals surface area contributed by atoms with E-state index in [4.69, 9.17) is 16.9 Å². The van der Waals surface area contributed by atoms with Crippen LogP contribution in [0, 0.1) is 21.4 Å². The molecule has 1 N–H and O–H groups in total. The average molecular weight is 371 g/mol. The van der Waals surface area contributed by atoms with Crippen LogP contribution in [0.1, 0.15) is 30.0 Å². The van der Waals surface area contributed by atoms with Gasteiger partial charge in [-0.15, -0.1) is 0 Å². The van der Waals surface area contributed by atoms with E-state index in [-0.39, 0.29) is 17.3 Å². The van der Waals surface area contributed by atoms with Gasteiger partial charge in [0.1, 0.15) is 5.69 Å². The summed E-state index contributed by atoms with van der Waals surface area (Å²) in [6, 6.07) is 14.1. The third kappa shape index (κ3) is 3.96. The maximum atomic E-state index is 11.3. The largest absolute Gasteiger partial charge is 0.378 e. The minimum Gasteiger partial charge on any atom is -0.378 e. The highest BCUT2D eigenvalue weighted by molar-refractivity contribution is 6.31. The molecule has 0 spiro atoms. The lowest BCUT2D eigenvalue weighted by Gasteiger charge is -2.29. The molecule has 1 aliphatic heterocycles. The summed E-state index contributed by atoms with van der Waals surface area (Å²) in [6.45, 7) is 2.45. The van der Waals surface area contributed by atoms with Crippen molar-refractivity contribution in [1.29, 1.82) is 5.26 Å². The molecule has 1 saturated heterocycles. The zero-order chi connectivity index (χ0) is 18.5. The fraction of sp³-hybridized carbons (Fsp3) is 0.316. The first-order valence-corrected chi connectivity index (χ1v) is 8.89. The van der Waals surface area contributed by atoms with Crippen LogP contribution in [0.15, 0.2) is 42.5 Å². The molecular formula is C19H19ClN4O2. The monoisotopic (exact) mass is 370 g/mol. The van der Waals surface area contributed by atoms with Crippen molar-refractivity contribution in [3.8, 4) is 6.07 Å². The van der Waals surface area contributed by atoms with Crippen molar-refractivity contribution >= 4 is 23.0 Å². The van der Waals surface area contributed by atoms with E-state index in [1.54, 1.807) is 12.1 Å². The Morgan fingerprint density at radius 3 is 2.65 bits per heavy atom. The van der Waals surface area contributed by atoms with Gasteiger partial charge in [-0.2, -0.15) is 5.26 Å². The van der Waals surface area contributed by atoms with Gasteiger partial charge >= 0.3 is 0 Å². The van der Waals surface area contributed by atoms with Crippen LogP contribution in [0.4, 0.5) is 11.4 Å². The minimum absolute atomic E-state index is 0.0291. The molecule has 2 aromatic rings. The molecular weight excluding hydrogens is 352 g/mol. The fourth-order valence-corrected chi connectivity index (χ4v) is 3.60. The molecule has 1 heterocycles. The number of nitrogens with zero attached hydrogens (tertiary/aromatic N) is 3. The van der Waals surface area contributed by atoms with Crippen molar-refractivity contribution in [2.45, 2.75) is 18.9 Å². The summed E-state index contributed by atoms with van der Waals surface area (Å²) in [6.07, 6.45) is 2.27. The van der Waals surface area contributed by atoms with E-state index < -0.39 is 4.92 Å². The number of nitro benzene ring substituents is 1. The van der Waals surface area contributed by atoms with Gasteiger partial charge < -0.3 is 5.32 Å². The Morgan fingerprint density at radius 1 is 1.27 bits per heavy atom. The molecule has 0 amide bonds. The van der Waals surface area contributed by atoms with E-state index in [2.05, 4.69) is 10.2 Å². The van der Waals surface area contributed by atoms with Crippen LogP contribution in [-0.2, 0) is 0 Å². The minimum atomic E-state index is -0.469. The van der Waals surface area contributed by atoms with Crippen LogP contribution < -0.4 is 5.32 Å². The highest BCUT2D eigenvalue weighted by Crippen LogP contribution is 2.32. The van der Waals surface area contributed by atoms with Gasteiger partial charge in [-0.05, 0) is 49.7 Å². The summed E-state index contributed by atoms with van der Waals surface area (Å²) in [5.74, 6) is 0. The Balaban J connectivity index is 1.86. The number of rotatable bonds is 6. The molecule has 3 rings (SSSR count). The first-order valence-electron chi connectivity index (χ1n) is 8.51. The summed E-state index contributed by atoms with van der Waals surface area (Å²) < 4.78 is 0. The average Bonchev–Trinajstić information content (AvgIpc) is 3.17. The Morgan fingerprint density at radius 2 is 2.00 bits per heavy atom. The number of hydrogen-bond donors (Lipinski definition) is 1. The summed E-state index contributed by atoms with van der Waals surface area (Å²) in [5.41, 5.74) is 1.60. The van der Waals surface area contributed by atoms with Crippen LogP contribution in [0.3, 0.4) is 0 Å². The molecule has 0 aliphatic carbocycles. The van der Waals surface area contributed by atoms with E-state index >= 15 is 0 Å². The molecule has 1 atom stereocenters. The zero-order valence-corrected chi connectivity index (χ0v) is 14.9. The van der Waals surface area contributed by atoms with Crippen molar-refractivity contribution in [2.75, 3.05) is 25.0 Å². The van der Waals surface area contributed by atoms with Crippen LogP contribution in [0.2, 0.25) is 5.02 Å². The van der Waals surface area contributed by atoms with Gasteiger partial charge in [0.25, 0.3) is 5.69 Å². The number of nitro groups is 1. The second-order valence-electron chi connectivity index (χ2n) is 6.26. The topological polar surface area (TPSA) is 82.2 Å². The number of halogens is 1. The van der Waals surface area contributed by atoms with Gasteiger partial charge in [0.15, 0.2) is 0 Å². The summed E-state index contributed by atoms with van der Waals surface area (Å²) in [4.78, 5) is 13.2. The van der Waals surface area contributed by atoms with E-state index in [1.165, 1.54) is 6.07 Å². The third-order valence-electron chi connectivity index (χ3n) is 4.66. The Kier molecular flexibility index (Phi) is 5.71. The molecule has 2 aromatic carbocycles. The standard InChI is InChI=1S/C19H19ClN4O2/c20-16-6-2-1-5-15(16)19(23-9-3-4-10-23)13-22-17-8-7-14(12-21)11-18(17)24(25)26/h1-2,5-8,11,19,22H,3-4,9-10,13H2. The van der Waals surface area contributed by atoms with Crippen molar-refractivity contribution in [3.05, 3.63) is 68.7 Å². The van der Waals surface area contributed by atoms with E-state index in [0.717, 1.165) is 31.5 Å². The number of anilines is 1. The predicted octanol–water partition coefficient (Wildman–Crippen LogP) is 4.37. The molecule has 134 valence electrons.